The van der Waals surface area contributed by atoms with Gasteiger partial charge in [-0.2, -0.15) is 0 Å². The SMILES string of the molecule is O=C(CN1CCOCC1)NC[C@H]1CCO[C@@H]1c1ccccc1. The monoisotopic (exact) mass is 304 g/mol. The molecule has 1 amide bonds. The highest BCUT2D eigenvalue weighted by Crippen LogP contribution is 2.33. The summed E-state index contributed by atoms with van der Waals surface area (Å²) in [6.45, 7) is 5.04. The van der Waals surface area contributed by atoms with E-state index >= 15 is 0 Å². The van der Waals surface area contributed by atoms with Crippen LogP contribution >= 0.6 is 0 Å². The Bertz CT molecular complexity index is 474. The molecule has 120 valence electrons. The topological polar surface area (TPSA) is 50.8 Å². The van der Waals surface area contributed by atoms with Crippen LogP contribution in [0.2, 0.25) is 0 Å². The number of morpholine rings is 1. The van der Waals surface area contributed by atoms with Crippen LogP contribution in [0.1, 0.15) is 18.1 Å². The quantitative estimate of drug-likeness (QED) is 0.888. The number of carbonyl (C=O) groups is 1. The van der Waals surface area contributed by atoms with E-state index in [2.05, 4.69) is 22.3 Å². The maximum atomic E-state index is 12.1. The number of rotatable bonds is 5. The normalized spacial score (nSPS) is 26.0. The first-order chi connectivity index (χ1) is 10.8. The molecule has 0 bridgehead atoms. The molecule has 2 aliphatic heterocycles. The number of amides is 1. The van der Waals surface area contributed by atoms with Crippen molar-refractivity contribution >= 4 is 5.91 Å². The van der Waals surface area contributed by atoms with Crippen LogP contribution in [-0.2, 0) is 14.3 Å². The van der Waals surface area contributed by atoms with Gasteiger partial charge in [-0.1, -0.05) is 30.3 Å². The highest BCUT2D eigenvalue weighted by atomic mass is 16.5. The molecule has 0 saturated carbocycles. The highest BCUT2D eigenvalue weighted by molar-refractivity contribution is 5.78. The van der Waals surface area contributed by atoms with E-state index in [0.717, 1.165) is 39.3 Å². The average molecular weight is 304 g/mol. The van der Waals surface area contributed by atoms with Crippen molar-refractivity contribution in [1.29, 1.82) is 0 Å². The summed E-state index contributed by atoms with van der Waals surface area (Å²) in [5.41, 5.74) is 1.20. The summed E-state index contributed by atoms with van der Waals surface area (Å²) in [6, 6.07) is 10.3. The minimum Gasteiger partial charge on any atom is -0.379 e. The number of nitrogens with zero attached hydrogens (tertiary/aromatic N) is 1. The Kier molecular flexibility index (Phi) is 5.43. The van der Waals surface area contributed by atoms with Gasteiger partial charge in [-0.15, -0.1) is 0 Å². The number of carbonyl (C=O) groups excluding carboxylic acids is 1. The molecule has 1 N–H and O–H groups in total. The second kappa shape index (κ2) is 7.72. The van der Waals surface area contributed by atoms with Crippen molar-refractivity contribution in [2.24, 2.45) is 5.92 Å². The van der Waals surface area contributed by atoms with E-state index in [1.807, 2.05) is 18.2 Å². The van der Waals surface area contributed by atoms with Crippen molar-refractivity contribution < 1.29 is 14.3 Å². The summed E-state index contributed by atoms with van der Waals surface area (Å²) in [4.78, 5) is 14.2. The van der Waals surface area contributed by atoms with Gasteiger partial charge in [0, 0.05) is 32.2 Å². The predicted octanol–water partition coefficient (Wildman–Crippen LogP) is 1.21. The van der Waals surface area contributed by atoms with Crippen LogP contribution in [0.5, 0.6) is 0 Å². The van der Waals surface area contributed by atoms with Crippen molar-refractivity contribution in [3.05, 3.63) is 35.9 Å². The van der Waals surface area contributed by atoms with Gasteiger partial charge in [-0.05, 0) is 12.0 Å². The number of benzene rings is 1. The third kappa shape index (κ3) is 4.06. The van der Waals surface area contributed by atoms with Crippen molar-refractivity contribution in [2.75, 3.05) is 46.0 Å². The summed E-state index contributed by atoms with van der Waals surface area (Å²) < 4.78 is 11.2. The van der Waals surface area contributed by atoms with Crippen molar-refractivity contribution in [1.82, 2.24) is 10.2 Å². The molecule has 2 fully saturated rings. The fraction of sp³-hybridized carbons (Fsp3) is 0.588. The minimum atomic E-state index is 0.0978. The minimum absolute atomic E-state index is 0.0978. The van der Waals surface area contributed by atoms with E-state index < -0.39 is 0 Å². The fourth-order valence-electron chi connectivity index (χ4n) is 3.12. The Morgan fingerprint density at radius 1 is 1.18 bits per heavy atom. The summed E-state index contributed by atoms with van der Waals surface area (Å²) in [5, 5.41) is 3.07. The lowest BCUT2D eigenvalue weighted by atomic mass is 9.95. The van der Waals surface area contributed by atoms with E-state index in [9.17, 15) is 4.79 Å². The molecule has 0 radical (unpaired) electrons. The molecule has 0 spiro atoms. The first-order valence-electron chi connectivity index (χ1n) is 8.06. The number of nitrogens with one attached hydrogen (secondary N) is 1. The molecule has 1 aromatic rings. The van der Waals surface area contributed by atoms with Crippen LogP contribution < -0.4 is 5.32 Å². The zero-order chi connectivity index (χ0) is 15.2. The van der Waals surface area contributed by atoms with Gasteiger partial charge in [0.25, 0.3) is 0 Å². The summed E-state index contributed by atoms with van der Waals surface area (Å²) in [7, 11) is 0. The molecule has 0 unspecified atom stereocenters. The molecule has 5 nitrogen and oxygen atoms in total. The molecule has 0 aromatic heterocycles. The number of hydrogen-bond donors (Lipinski definition) is 1. The van der Waals surface area contributed by atoms with Gasteiger partial charge in [0.15, 0.2) is 0 Å². The zero-order valence-electron chi connectivity index (χ0n) is 12.9. The molecule has 2 aliphatic rings. The maximum absolute atomic E-state index is 12.1. The van der Waals surface area contributed by atoms with Crippen LogP contribution in [0, 0.1) is 5.92 Å². The first kappa shape index (κ1) is 15.5. The van der Waals surface area contributed by atoms with Gasteiger partial charge in [-0.3, -0.25) is 9.69 Å². The van der Waals surface area contributed by atoms with Gasteiger partial charge in [0.1, 0.15) is 0 Å². The standard InChI is InChI=1S/C17H24N2O3/c20-16(13-19-7-10-21-11-8-19)18-12-15-6-9-22-17(15)14-4-2-1-3-5-14/h1-5,15,17H,6-13H2,(H,18,20)/t15-,17-/m1/s1. The second-order valence-corrected chi connectivity index (χ2v) is 5.94. The molecular formula is C17H24N2O3. The van der Waals surface area contributed by atoms with Gasteiger partial charge < -0.3 is 14.8 Å². The molecule has 5 heteroatoms. The summed E-state index contributed by atoms with van der Waals surface area (Å²) in [5.74, 6) is 0.455. The van der Waals surface area contributed by atoms with Gasteiger partial charge >= 0.3 is 0 Å². The molecule has 2 saturated heterocycles. The molecule has 1 aromatic carbocycles. The zero-order valence-corrected chi connectivity index (χ0v) is 12.9. The lowest BCUT2D eigenvalue weighted by Crippen LogP contribution is -2.44. The highest BCUT2D eigenvalue weighted by Gasteiger charge is 2.29. The van der Waals surface area contributed by atoms with Gasteiger partial charge in [-0.25, -0.2) is 0 Å². The molecule has 3 rings (SSSR count). The first-order valence-corrected chi connectivity index (χ1v) is 8.06. The molecule has 2 heterocycles. The van der Waals surface area contributed by atoms with E-state index in [1.165, 1.54) is 5.56 Å². The van der Waals surface area contributed by atoms with Crippen LogP contribution in [0.3, 0.4) is 0 Å². The molecule has 0 aliphatic carbocycles. The van der Waals surface area contributed by atoms with Crippen LogP contribution in [0.25, 0.3) is 0 Å². The van der Waals surface area contributed by atoms with Crippen molar-refractivity contribution in [3.63, 3.8) is 0 Å². The summed E-state index contributed by atoms with van der Waals surface area (Å²) in [6.07, 6.45) is 1.10. The van der Waals surface area contributed by atoms with Crippen LogP contribution in [-0.4, -0.2) is 56.8 Å². The lowest BCUT2D eigenvalue weighted by Gasteiger charge is -2.26. The van der Waals surface area contributed by atoms with Gasteiger partial charge in [0.05, 0.1) is 25.9 Å². The molecule has 22 heavy (non-hydrogen) atoms. The Hall–Kier alpha value is -1.43. The lowest BCUT2D eigenvalue weighted by molar-refractivity contribution is -0.123. The van der Waals surface area contributed by atoms with Gasteiger partial charge in [0.2, 0.25) is 5.91 Å². The van der Waals surface area contributed by atoms with E-state index in [-0.39, 0.29) is 12.0 Å². The third-order valence-electron chi connectivity index (χ3n) is 4.37. The largest absolute Gasteiger partial charge is 0.379 e. The van der Waals surface area contributed by atoms with E-state index in [4.69, 9.17) is 9.47 Å². The smallest absolute Gasteiger partial charge is 0.234 e. The maximum Gasteiger partial charge on any atom is 0.234 e. The predicted molar refractivity (Wildman–Crippen MR) is 83.5 cm³/mol. The van der Waals surface area contributed by atoms with Crippen molar-refractivity contribution in [3.8, 4) is 0 Å². The van der Waals surface area contributed by atoms with Crippen molar-refractivity contribution in [2.45, 2.75) is 12.5 Å². The van der Waals surface area contributed by atoms with Crippen LogP contribution in [0.4, 0.5) is 0 Å². The van der Waals surface area contributed by atoms with E-state index in [1.54, 1.807) is 0 Å². The van der Waals surface area contributed by atoms with E-state index in [0.29, 0.717) is 19.0 Å². The number of hydrogen-bond acceptors (Lipinski definition) is 4. The fourth-order valence-corrected chi connectivity index (χ4v) is 3.12. The Morgan fingerprint density at radius 3 is 2.73 bits per heavy atom. The van der Waals surface area contributed by atoms with Crippen LogP contribution in [0.15, 0.2) is 30.3 Å². The molecular weight excluding hydrogens is 280 g/mol. The average Bonchev–Trinajstić information content (AvgIpc) is 3.03. The third-order valence-corrected chi connectivity index (χ3v) is 4.37. The Labute approximate surface area is 131 Å². The Balaban J connectivity index is 1.47. The second-order valence-electron chi connectivity index (χ2n) is 5.94. The Morgan fingerprint density at radius 2 is 1.95 bits per heavy atom. The molecule has 2 atom stereocenters. The number of ether oxygens (including phenoxy) is 2. The summed E-state index contributed by atoms with van der Waals surface area (Å²) >= 11 is 0.